The highest BCUT2D eigenvalue weighted by Crippen LogP contribution is 2.13. The molecule has 74 valence electrons. The molecule has 0 bridgehead atoms. The Bertz CT molecular complexity index is 468. The molecule has 0 N–H and O–H groups in total. The lowest BCUT2D eigenvalue weighted by atomic mass is 10.2. The van der Waals surface area contributed by atoms with Crippen molar-refractivity contribution in [3.63, 3.8) is 0 Å². The molecule has 1 aromatic heterocycles. The first-order valence-electron chi connectivity index (χ1n) is 4.42. The van der Waals surface area contributed by atoms with Crippen LogP contribution in [0.4, 0.5) is 5.95 Å². The van der Waals surface area contributed by atoms with Gasteiger partial charge in [0.2, 0.25) is 5.95 Å². The van der Waals surface area contributed by atoms with Crippen LogP contribution in [-0.4, -0.2) is 16.2 Å². The van der Waals surface area contributed by atoms with Gasteiger partial charge in [0, 0.05) is 29.2 Å². The summed E-state index contributed by atoms with van der Waals surface area (Å²) < 4.78 is 0. The number of benzene rings is 1. The van der Waals surface area contributed by atoms with Gasteiger partial charge < -0.3 is 0 Å². The number of nitrogens with zero attached hydrogens (tertiary/aromatic N) is 3. The molecule has 0 spiro atoms. The van der Waals surface area contributed by atoms with Crippen molar-refractivity contribution >= 4 is 23.8 Å². The molecule has 0 saturated heterocycles. The Morgan fingerprint density at radius 3 is 2.53 bits per heavy atom. The number of aromatic nitrogens is 2. The second-order valence-electron chi connectivity index (χ2n) is 2.83. The first-order valence-corrected chi connectivity index (χ1v) is 4.80. The van der Waals surface area contributed by atoms with Gasteiger partial charge in [-0.25, -0.2) is 15.0 Å². The van der Waals surface area contributed by atoms with Crippen LogP contribution in [0.3, 0.4) is 0 Å². The van der Waals surface area contributed by atoms with Crippen LogP contribution in [0.5, 0.6) is 0 Å². The molecule has 0 unspecified atom stereocenters. The van der Waals surface area contributed by atoms with Crippen molar-refractivity contribution in [2.75, 3.05) is 0 Å². The van der Waals surface area contributed by atoms with Crippen LogP contribution in [0.2, 0.25) is 5.02 Å². The van der Waals surface area contributed by atoms with E-state index in [0.717, 1.165) is 5.56 Å². The standard InChI is InChI=1S/C11H8ClN3/c12-10-5-2-1-4-9(10)8-15-11-13-6-3-7-14-11/h1-8H. The van der Waals surface area contributed by atoms with Gasteiger partial charge in [-0.2, -0.15) is 0 Å². The minimum absolute atomic E-state index is 0.428. The average Bonchev–Trinajstić information content (AvgIpc) is 2.29. The summed E-state index contributed by atoms with van der Waals surface area (Å²) in [7, 11) is 0. The van der Waals surface area contributed by atoms with Crippen molar-refractivity contribution in [1.29, 1.82) is 0 Å². The zero-order chi connectivity index (χ0) is 10.5. The van der Waals surface area contributed by atoms with Crippen LogP contribution in [-0.2, 0) is 0 Å². The Labute approximate surface area is 92.5 Å². The van der Waals surface area contributed by atoms with E-state index in [-0.39, 0.29) is 0 Å². The molecule has 0 aliphatic heterocycles. The van der Waals surface area contributed by atoms with Crippen molar-refractivity contribution in [2.45, 2.75) is 0 Å². The SMILES string of the molecule is Clc1ccccc1C=Nc1ncccn1. The lowest BCUT2D eigenvalue weighted by Crippen LogP contribution is -1.83. The summed E-state index contributed by atoms with van der Waals surface area (Å²) in [4.78, 5) is 12.0. The molecule has 2 aromatic rings. The highest BCUT2D eigenvalue weighted by molar-refractivity contribution is 6.33. The van der Waals surface area contributed by atoms with E-state index < -0.39 is 0 Å². The molecule has 1 aromatic carbocycles. The van der Waals surface area contributed by atoms with Gasteiger partial charge in [-0.1, -0.05) is 29.8 Å². The van der Waals surface area contributed by atoms with Gasteiger partial charge in [0.15, 0.2) is 0 Å². The summed E-state index contributed by atoms with van der Waals surface area (Å²) in [6.07, 6.45) is 4.94. The number of aliphatic imine (C=N–C) groups is 1. The molecule has 0 fully saturated rings. The molecule has 0 aliphatic rings. The van der Waals surface area contributed by atoms with E-state index in [0.29, 0.717) is 11.0 Å². The highest BCUT2D eigenvalue weighted by atomic mass is 35.5. The molecule has 0 atom stereocenters. The predicted octanol–water partition coefficient (Wildman–Crippen LogP) is 2.88. The van der Waals surface area contributed by atoms with Gasteiger partial charge >= 0.3 is 0 Å². The minimum atomic E-state index is 0.428. The molecule has 3 nitrogen and oxygen atoms in total. The van der Waals surface area contributed by atoms with Crippen molar-refractivity contribution in [1.82, 2.24) is 9.97 Å². The zero-order valence-corrected chi connectivity index (χ0v) is 8.59. The summed E-state index contributed by atoms with van der Waals surface area (Å²) in [6, 6.07) is 9.22. The number of halogens is 1. The average molecular weight is 218 g/mol. The maximum absolute atomic E-state index is 5.96. The van der Waals surface area contributed by atoms with Gasteiger partial charge in [-0.3, -0.25) is 0 Å². The molecule has 0 aliphatic carbocycles. The molecule has 0 amide bonds. The third-order valence-corrected chi connectivity index (χ3v) is 2.12. The van der Waals surface area contributed by atoms with Gasteiger partial charge in [-0.15, -0.1) is 0 Å². The van der Waals surface area contributed by atoms with E-state index in [1.54, 1.807) is 24.7 Å². The first kappa shape index (κ1) is 9.80. The van der Waals surface area contributed by atoms with Crippen LogP contribution in [0.25, 0.3) is 0 Å². The van der Waals surface area contributed by atoms with E-state index in [4.69, 9.17) is 11.6 Å². The molecule has 0 saturated carbocycles. The third-order valence-electron chi connectivity index (χ3n) is 1.78. The summed E-state index contributed by atoms with van der Waals surface area (Å²) >= 11 is 5.96. The Morgan fingerprint density at radius 2 is 1.80 bits per heavy atom. The molecule has 4 heteroatoms. The third kappa shape index (κ3) is 2.60. The number of rotatable bonds is 2. The van der Waals surface area contributed by atoms with E-state index >= 15 is 0 Å². The van der Waals surface area contributed by atoms with Crippen LogP contribution in [0, 0.1) is 0 Å². The second kappa shape index (κ2) is 4.66. The normalized spacial score (nSPS) is 10.7. The topological polar surface area (TPSA) is 38.1 Å². The summed E-state index contributed by atoms with van der Waals surface area (Å²) in [5.74, 6) is 0.428. The first-order chi connectivity index (χ1) is 7.36. The van der Waals surface area contributed by atoms with Crippen LogP contribution in [0.15, 0.2) is 47.7 Å². The fourth-order valence-corrected chi connectivity index (χ4v) is 1.25. The van der Waals surface area contributed by atoms with Gasteiger partial charge in [0.25, 0.3) is 0 Å². The Balaban J connectivity index is 2.23. The molecule has 2 rings (SSSR count). The minimum Gasteiger partial charge on any atom is -0.220 e. The number of hydrogen-bond donors (Lipinski definition) is 0. The lowest BCUT2D eigenvalue weighted by molar-refractivity contribution is 1.14. The van der Waals surface area contributed by atoms with Crippen molar-refractivity contribution in [2.24, 2.45) is 4.99 Å². The van der Waals surface area contributed by atoms with Crippen LogP contribution >= 0.6 is 11.6 Å². The smallest absolute Gasteiger partial charge is 0.220 e. The van der Waals surface area contributed by atoms with E-state index in [2.05, 4.69) is 15.0 Å². The molecular formula is C11H8ClN3. The van der Waals surface area contributed by atoms with Gasteiger partial charge in [-0.05, 0) is 12.1 Å². The fraction of sp³-hybridized carbons (Fsp3) is 0. The lowest BCUT2D eigenvalue weighted by Gasteiger charge is -1.95. The van der Waals surface area contributed by atoms with Crippen molar-refractivity contribution in [3.05, 3.63) is 53.3 Å². The van der Waals surface area contributed by atoms with E-state index in [1.807, 2.05) is 24.3 Å². The zero-order valence-electron chi connectivity index (χ0n) is 7.84. The van der Waals surface area contributed by atoms with Gasteiger partial charge in [0.1, 0.15) is 0 Å². The summed E-state index contributed by atoms with van der Waals surface area (Å²) in [5, 5.41) is 0.664. The Hall–Kier alpha value is -1.74. The maximum Gasteiger partial charge on any atom is 0.249 e. The van der Waals surface area contributed by atoms with Crippen LogP contribution in [0.1, 0.15) is 5.56 Å². The van der Waals surface area contributed by atoms with Crippen LogP contribution < -0.4 is 0 Å². The molecule has 1 heterocycles. The van der Waals surface area contributed by atoms with E-state index in [1.165, 1.54) is 0 Å². The summed E-state index contributed by atoms with van der Waals surface area (Å²) in [6.45, 7) is 0. The molecular weight excluding hydrogens is 210 g/mol. The van der Waals surface area contributed by atoms with Crippen molar-refractivity contribution in [3.8, 4) is 0 Å². The maximum atomic E-state index is 5.96. The Morgan fingerprint density at radius 1 is 1.07 bits per heavy atom. The number of hydrogen-bond acceptors (Lipinski definition) is 3. The predicted molar refractivity (Wildman–Crippen MR) is 60.7 cm³/mol. The van der Waals surface area contributed by atoms with Crippen molar-refractivity contribution < 1.29 is 0 Å². The molecule has 15 heavy (non-hydrogen) atoms. The molecule has 0 radical (unpaired) electrons. The quantitative estimate of drug-likeness (QED) is 0.726. The largest absolute Gasteiger partial charge is 0.249 e. The highest BCUT2D eigenvalue weighted by Gasteiger charge is 1.94. The second-order valence-corrected chi connectivity index (χ2v) is 3.24. The monoisotopic (exact) mass is 217 g/mol. The summed E-state index contributed by atoms with van der Waals surface area (Å²) in [5.41, 5.74) is 0.853. The van der Waals surface area contributed by atoms with Gasteiger partial charge in [0.05, 0.1) is 0 Å². The fourth-order valence-electron chi connectivity index (χ4n) is 1.06. The Kier molecular flexibility index (Phi) is 3.05. The van der Waals surface area contributed by atoms with E-state index in [9.17, 15) is 0 Å².